The number of alkyl halides is 3. The van der Waals surface area contributed by atoms with Crippen molar-refractivity contribution in [3.8, 4) is 0 Å². The molecule has 0 saturated carbocycles. The number of hydrogen-bond donors (Lipinski definition) is 3. The highest BCUT2D eigenvalue weighted by Crippen LogP contribution is 2.32. The smallest absolute Gasteiger partial charge is 0.475 e. The topological polar surface area (TPSA) is 112 Å². The first-order valence-electron chi connectivity index (χ1n) is 8.46. The van der Waals surface area contributed by atoms with Crippen LogP contribution in [0.5, 0.6) is 0 Å². The summed E-state index contributed by atoms with van der Waals surface area (Å²) in [6.07, 6.45) is -4.17. The van der Waals surface area contributed by atoms with Crippen LogP contribution in [0.1, 0.15) is 6.42 Å². The van der Waals surface area contributed by atoms with Gasteiger partial charge in [0.05, 0.1) is 16.2 Å². The van der Waals surface area contributed by atoms with E-state index in [1.54, 1.807) is 0 Å². The number of anilines is 2. The zero-order valence-corrected chi connectivity index (χ0v) is 18.2. The number of carboxylic acids is 1. The van der Waals surface area contributed by atoms with E-state index < -0.39 is 32.9 Å². The number of carbonyl (C=O) groups is 1. The summed E-state index contributed by atoms with van der Waals surface area (Å²) in [6, 6.07) is 2.49. The van der Waals surface area contributed by atoms with Crippen LogP contribution in [0.3, 0.4) is 0 Å². The number of rotatable bonds is 5. The Morgan fingerprint density at radius 3 is 2.55 bits per heavy atom. The van der Waals surface area contributed by atoms with Gasteiger partial charge in [-0.25, -0.2) is 22.6 Å². The van der Waals surface area contributed by atoms with Crippen molar-refractivity contribution in [2.75, 3.05) is 29.8 Å². The fourth-order valence-corrected chi connectivity index (χ4v) is 4.62. The fraction of sp³-hybridized carbons (Fsp3) is 0.375. The molecule has 172 valence electrons. The Labute approximate surface area is 183 Å². The van der Waals surface area contributed by atoms with Gasteiger partial charge >= 0.3 is 12.1 Å². The molecular weight excluding hydrogens is 488 g/mol. The molecule has 1 fully saturated rings. The molecule has 1 aliphatic heterocycles. The molecule has 3 N–H and O–H groups in total. The third-order valence-electron chi connectivity index (χ3n) is 4.17. The van der Waals surface area contributed by atoms with Crippen LogP contribution in [-0.2, 0) is 14.8 Å². The Morgan fingerprint density at radius 2 is 2.06 bits per heavy atom. The van der Waals surface area contributed by atoms with Gasteiger partial charge in [0.1, 0.15) is 10.7 Å². The molecule has 0 radical (unpaired) electrons. The molecule has 1 saturated heterocycles. The average molecular weight is 505 g/mol. The maximum Gasteiger partial charge on any atom is 0.490 e. The Morgan fingerprint density at radius 1 is 1.42 bits per heavy atom. The lowest BCUT2D eigenvalue weighted by Crippen LogP contribution is -2.33. The molecule has 1 aromatic carbocycles. The first kappa shape index (κ1) is 25.1. The van der Waals surface area contributed by atoms with E-state index in [0.717, 1.165) is 31.6 Å². The second-order valence-corrected chi connectivity index (χ2v) is 9.05. The van der Waals surface area contributed by atoms with Gasteiger partial charge in [0, 0.05) is 31.1 Å². The molecule has 0 bridgehead atoms. The standard InChI is InChI=1S/C14H16ClFN4O2S2.C2HF3O2/c1-20(9-2-3-17-6-9)12-5-11(16)13(4-10(12)15)24(21,22)19-14-7-23-8-18-14;3-2(4,5)1(6)7/h4-5,7-9,17,19H,2-3,6H2,1H3;(H,6,7)/t9-;/m1./s1. The SMILES string of the molecule is CN(c1cc(F)c(S(=O)(=O)Nc2cscn2)cc1Cl)[C@@H]1CCNC1.O=C(O)C(F)(F)F. The van der Waals surface area contributed by atoms with Crippen LogP contribution in [0.2, 0.25) is 5.02 Å². The molecule has 3 rings (SSSR count). The van der Waals surface area contributed by atoms with Gasteiger partial charge in [-0.3, -0.25) is 4.72 Å². The Bertz CT molecular complexity index is 1010. The summed E-state index contributed by atoms with van der Waals surface area (Å²) in [5.41, 5.74) is 1.95. The number of aliphatic carboxylic acids is 1. The number of hydrogen-bond acceptors (Lipinski definition) is 7. The third kappa shape index (κ3) is 6.66. The number of thiazole rings is 1. The van der Waals surface area contributed by atoms with Gasteiger partial charge in [-0.2, -0.15) is 13.2 Å². The van der Waals surface area contributed by atoms with E-state index in [2.05, 4.69) is 15.0 Å². The molecule has 1 atom stereocenters. The van der Waals surface area contributed by atoms with Crippen molar-refractivity contribution >= 4 is 50.4 Å². The molecule has 31 heavy (non-hydrogen) atoms. The predicted molar refractivity (Wildman–Crippen MR) is 108 cm³/mol. The predicted octanol–water partition coefficient (Wildman–Crippen LogP) is 3.17. The van der Waals surface area contributed by atoms with Crippen LogP contribution < -0.4 is 14.9 Å². The first-order valence-corrected chi connectivity index (χ1v) is 11.3. The van der Waals surface area contributed by atoms with E-state index in [0.29, 0.717) is 5.69 Å². The molecule has 1 aliphatic rings. The van der Waals surface area contributed by atoms with Gasteiger partial charge in [0.25, 0.3) is 10.0 Å². The number of aromatic nitrogens is 1. The van der Waals surface area contributed by atoms with Gasteiger partial charge in [-0.1, -0.05) is 11.6 Å². The van der Waals surface area contributed by atoms with E-state index in [-0.39, 0.29) is 16.9 Å². The summed E-state index contributed by atoms with van der Waals surface area (Å²) in [5.74, 6) is -3.46. The van der Waals surface area contributed by atoms with Crippen molar-refractivity contribution in [2.24, 2.45) is 0 Å². The molecular formula is C16H17ClF4N4O4S2. The summed E-state index contributed by atoms with van der Waals surface area (Å²) < 4.78 is 73.1. The average Bonchev–Trinajstić information content (AvgIpc) is 3.36. The number of likely N-dealkylation sites (N-methyl/N-ethyl adjacent to an activating group) is 1. The van der Waals surface area contributed by atoms with Crippen molar-refractivity contribution < 1.29 is 35.9 Å². The lowest BCUT2D eigenvalue weighted by atomic mass is 10.2. The van der Waals surface area contributed by atoms with Gasteiger partial charge in [0.2, 0.25) is 0 Å². The molecule has 8 nitrogen and oxygen atoms in total. The van der Waals surface area contributed by atoms with Crippen LogP contribution in [0.15, 0.2) is 27.9 Å². The summed E-state index contributed by atoms with van der Waals surface area (Å²) in [5, 5.41) is 12.1. The largest absolute Gasteiger partial charge is 0.490 e. The number of benzene rings is 1. The molecule has 1 aromatic heterocycles. The summed E-state index contributed by atoms with van der Waals surface area (Å²) in [6.45, 7) is 1.67. The minimum absolute atomic E-state index is 0.147. The van der Waals surface area contributed by atoms with Gasteiger partial charge < -0.3 is 15.3 Å². The minimum Gasteiger partial charge on any atom is -0.475 e. The van der Waals surface area contributed by atoms with Gasteiger partial charge in [0.15, 0.2) is 5.82 Å². The first-order chi connectivity index (χ1) is 14.3. The quantitative estimate of drug-likeness (QED) is 0.536. The van der Waals surface area contributed by atoms with E-state index in [1.165, 1.54) is 22.2 Å². The zero-order valence-electron chi connectivity index (χ0n) is 15.8. The van der Waals surface area contributed by atoms with Crippen molar-refractivity contribution in [2.45, 2.75) is 23.5 Å². The molecule has 0 amide bonds. The summed E-state index contributed by atoms with van der Waals surface area (Å²) >= 11 is 7.46. The molecule has 0 spiro atoms. The van der Waals surface area contributed by atoms with Crippen LogP contribution >= 0.6 is 22.9 Å². The summed E-state index contributed by atoms with van der Waals surface area (Å²) in [4.78, 5) is 14.1. The molecule has 0 unspecified atom stereocenters. The maximum atomic E-state index is 14.5. The number of sulfonamides is 1. The number of nitrogens with zero attached hydrogens (tertiary/aromatic N) is 2. The lowest BCUT2D eigenvalue weighted by molar-refractivity contribution is -0.192. The van der Waals surface area contributed by atoms with Crippen LogP contribution in [0.25, 0.3) is 0 Å². The second kappa shape index (κ2) is 9.97. The maximum absolute atomic E-state index is 14.5. The van der Waals surface area contributed by atoms with Gasteiger partial charge in [-0.05, 0) is 19.0 Å². The monoisotopic (exact) mass is 504 g/mol. The second-order valence-electron chi connectivity index (χ2n) is 6.27. The van der Waals surface area contributed by atoms with E-state index in [1.807, 2.05) is 11.9 Å². The Kier molecular flexibility index (Phi) is 8.08. The minimum atomic E-state index is -5.08. The van der Waals surface area contributed by atoms with Crippen LogP contribution in [0.4, 0.5) is 29.1 Å². The van der Waals surface area contributed by atoms with Crippen molar-refractivity contribution in [1.29, 1.82) is 0 Å². The highest BCUT2D eigenvalue weighted by Gasteiger charge is 2.38. The number of halogens is 5. The lowest BCUT2D eigenvalue weighted by Gasteiger charge is -2.27. The highest BCUT2D eigenvalue weighted by molar-refractivity contribution is 7.92. The van der Waals surface area contributed by atoms with E-state index >= 15 is 0 Å². The van der Waals surface area contributed by atoms with Gasteiger partial charge in [-0.15, -0.1) is 11.3 Å². The third-order valence-corrected chi connectivity index (χ3v) is 6.43. The van der Waals surface area contributed by atoms with E-state index in [4.69, 9.17) is 21.5 Å². The normalized spacial score (nSPS) is 16.4. The summed E-state index contributed by atoms with van der Waals surface area (Å²) in [7, 11) is -2.27. The molecule has 2 heterocycles. The number of carboxylic acid groups (broad SMARTS) is 1. The molecule has 15 heteroatoms. The molecule has 0 aliphatic carbocycles. The highest BCUT2D eigenvalue weighted by atomic mass is 35.5. The Balaban J connectivity index is 0.000000423. The van der Waals surface area contributed by atoms with Crippen LogP contribution in [-0.4, -0.2) is 56.8 Å². The van der Waals surface area contributed by atoms with E-state index in [9.17, 15) is 26.0 Å². The molecule has 2 aromatic rings. The fourth-order valence-electron chi connectivity index (χ4n) is 2.62. The number of nitrogens with one attached hydrogen (secondary N) is 2. The van der Waals surface area contributed by atoms with Crippen molar-refractivity contribution in [1.82, 2.24) is 10.3 Å². The zero-order chi connectivity index (χ0) is 23.4. The van der Waals surface area contributed by atoms with Crippen LogP contribution in [0, 0.1) is 5.82 Å². The van der Waals surface area contributed by atoms with Crippen molar-refractivity contribution in [3.05, 3.63) is 33.9 Å². The van der Waals surface area contributed by atoms with Crippen molar-refractivity contribution in [3.63, 3.8) is 0 Å². The Hall–Kier alpha value is -2.16.